The zero-order chi connectivity index (χ0) is 11.3. The lowest BCUT2D eigenvalue weighted by atomic mass is 10.2. The van der Waals surface area contributed by atoms with Gasteiger partial charge in [0.1, 0.15) is 5.76 Å². The maximum atomic E-state index is 5.38. The predicted molar refractivity (Wildman–Crippen MR) is 62.9 cm³/mol. The number of aryl methyl sites for hydroxylation is 1. The van der Waals surface area contributed by atoms with Crippen molar-refractivity contribution in [3.8, 4) is 0 Å². The topological polar surface area (TPSA) is 28.4 Å². The number of nitrogens with one attached hydrogen (secondary N) is 1. The summed E-state index contributed by atoms with van der Waals surface area (Å²) in [6.45, 7) is 6.27. The molecule has 0 saturated heterocycles. The second-order valence-electron chi connectivity index (χ2n) is 4.27. The van der Waals surface area contributed by atoms with Crippen LogP contribution in [0.4, 0.5) is 0 Å². The van der Waals surface area contributed by atoms with Crippen molar-refractivity contribution in [2.75, 3.05) is 20.6 Å². The predicted octanol–water partition coefficient (Wildman–Crippen LogP) is 1.88. The summed E-state index contributed by atoms with van der Waals surface area (Å²) in [6.07, 6.45) is 2.73. The van der Waals surface area contributed by atoms with Crippen molar-refractivity contribution in [2.24, 2.45) is 0 Å². The Hall–Kier alpha value is -0.800. The minimum Gasteiger partial charge on any atom is -0.469 e. The number of likely N-dealkylation sites (N-methyl/N-ethyl adjacent to an activating group) is 1. The molecule has 0 spiro atoms. The summed E-state index contributed by atoms with van der Waals surface area (Å²) in [4.78, 5) is 2.19. The fraction of sp³-hybridized carbons (Fsp3) is 0.667. The first-order chi connectivity index (χ1) is 7.13. The number of nitrogens with zero attached hydrogens (tertiary/aromatic N) is 1. The third-order valence-corrected chi connectivity index (χ3v) is 2.44. The van der Waals surface area contributed by atoms with Crippen LogP contribution in [0.5, 0.6) is 0 Å². The maximum Gasteiger partial charge on any atom is 0.107 e. The molecule has 1 aromatic rings. The molecule has 0 bridgehead atoms. The second kappa shape index (κ2) is 5.93. The fourth-order valence-electron chi connectivity index (χ4n) is 1.73. The third kappa shape index (κ3) is 4.06. The van der Waals surface area contributed by atoms with Gasteiger partial charge in [0.25, 0.3) is 0 Å². The molecule has 1 aromatic heterocycles. The van der Waals surface area contributed by atoms with E-state index >= 15 is 0 Å². The smallest absolute Gasteiger partial charge is 0.107 e. The van der Waals surface area contributed by atoms with Gasteiger partial charge in [-0.25, -0.2) is 0 Å². The van der Waals surface area contributed by atoms with Gasteiger partial charge in [-0.2, -0.15) is 0 Å². The van der Waals surface area contributed by atoms with Crippen LogP contribution in [0.2, 0.25) is 0 Å². The first-order valence-corrected chi connectivity index (χ1v) is 5.56. The lowest BCUT2D eigenvalue weighted by molar-refractivity contribution is 0.348. The van der Waals surface area contributed by atoms with Gasteiger partial charge in [0.05, 0.1) is 6.26 Å². The van der Waals surface area contributed by atoms with Crippen molar-refractivity contribution >= 4 is 0 Å². The van der Waals surface area contributed by atoms with Crippen molar-refractivity contribution < 1.29 is 4.42 Å². The highest BCUT2D eigenvalue weighted by atomic mass is 16.3. The van der Waals surface area contributed by atoms with E-state index < -0.39 is 0 Å². The molecule has 1 unspecified atom stereocenters. The summed E-state index contributed by atoms with van der Waals surface area (Å²) in [5.41, 5.74) is 1.28. The van der Waals surface area contributed by atoms with Gasteiger partial charge in [0.2, 0.25) is 0 Å². The van der Waals surface area contributed by atoms with Crippen molar-refractivity contribution in [1.82, 2.24) is 10.2 Å². The minimum absolute atomic E-state index is 0.500. The lowest BCUT2D eigenvalue weighted by Gasteiger charge is -2.18. The van der Waals surface area contributed by atoms with Crippen LogP contribution < -0.4 is 5.32 Å². The monoisotopic (exact) mass is 210 g/mol. The third-order valence-electron chi connectivity index (χ3n) is 2.44. The lowest BCUT2D eigenvalue weighted by Crippen LogP contribution is -2.35. The molecule has 0 amide bonds. The first kappa shape index (κ1) is 12.3. The highest BCUT2D eigenvalue weighted by Gasteiger charge is 2.06. The molecule has 3 nitrogen and oxygen atoms in total. The quantitative estimate of drug-likeness (QED) is 0.777. The highest BCUT2D eigenvalue weighted by molar-refractivity contribution is 5.16. The van der Waals surface area contributed by atoms with Crippen LogP contribution in [-0.2, 0) is 13.0 Å². The van der Waals surface area contributed by atoms with Gasteiger partial charge in [0, 0.05) is 31.1 Å². The van der Waals surface area contributed by atoms with Gasteiger partial charge in [-0.1, -0.05) is 6.92 Å². The van der Waals surface area contributed by atoms with Gasteiger partial charge >= 0.3 is 0 Å². The summed E-state index contributed by atoms with van der Waals surface area (Å²) >= 11 is 0. The van der Waals surface area contributed by atoms with E-state index in [-0.39, 0.29) is 0 Å². The van der Waals surface area contributed by atoms with Gasteiger partial charge in [-0.15, -0.1) is 0 Å². The molecule has 0 aliphatic heterocycles. The molecule has 0 radical (unpaired) electrons. The first-order valence-electron chi connectivity index (χ1n) is 5.56. The summed E-state index contributed by atoms with van der Waals surface area (Å²) in [7, 11) is 4.18. The molecule has 0 aliphatic carbocycles. The van der Waals surface area contributed by atoms with Crippen LogP contribution in [0.3, 0.4) is 0 Å². The van der Waals surface area contributed by atoms with Crippen molar-refractivity contribution in [3.05, 3.63) is 23.7 Å². The Balaban J connectivity index is 2.36. The molecule has 1 rings (SSSR count). The molecule has 15 heavy (non-hydrogen) atoms. The molecule has 1 N–H and O–H groups in total. The van der Waals surface area contributed by atoms with Crippen molar-refractivity contribution in [3.63, 3.8) is 0 Å². The molecular weight excluding hydrogens is 188 g/mol. The summed E-state index contributed by atoms with van der Waals surface area (Å²) < 4.78 is 5.38. The summed E-state index contributed by atoms with van der Waals surface area (Å²) in [5, 5.41) is 3.49. The van der Waals surface area contributed by atoms with Gasteiger partial charge in [-0.3, -0.25) is 0 Å². The van der Waals surface area contributed by atoms with Gasteiger partial charge < -0.3 is 14.6 Å². The Morgan fingerprint density at radius 1 is 1.47 bits per heavy atom. The summed E-state index contributed by atoms with van der Waals surface area (Å²) in [6, 6.07) is 2.55. The van der Waals surface area contributed by atoms with E-state index in [1.807, 2.05) is 6.07 Å². The Bertz CT molecular complexity index is 281. The number of rotatable bonds is 6. The maximum absolute atomic E-state index is 5.38. The van der Waals surface area contributed by atoms with Crippen molar-refractivity contribution in [1.29, 1.82) is 0 Å². The molecule has 0 aromatic carbocycles. The highest BCUT2D eigenvalue weighted by Crippen LogP contribution is 2.10. The van der Waals surface area contributed by atoms with E-state index in [0.29, 0.717) is 6.04 Å². The van der Waals surface area contributed by atoms with Crippen LogP contribution in [0, 0.1) is 0 Å². The zero-order valence-corrected chi connectivity index (χ0v) is 10.2. The Morgan fingerprint density at radius 3 is 2.80 bits per heavy atom. The molecule has 1 heterocycles. The second-order valence-corrected chi connectivity index (χ2v) is 4.27. The Labute approximate surface area is 92.5 Å². The SMILES string of the molecule is CCc1occc1CNC(C)CN(C)C. The standard InChI is InChI=1S/C12H22N2O/c1-5-12-11(6-7-15-12)8-13-10(2)9-14(3)4/h6-7,10,13H,5,8-9H2,1-4H3. The summed E-state index contributed by atoms with van der Waals surface area (Å²) in [5.74, 6) is 1.10. The molecule has 0 fully saturated rings. The minimum atomic E-state index is 0.500. The normalized spacial score (nSPS) is 13.4. The Kier molecular flexibility index (Phi) is 4.85. The zero-order valence-electron chi connectivity index (χ0n) is 10.2. The molecule has 3 heteroatoms. The van der Waals surface area contributed by atoms with Crippen LogP contribution in [0.15, 0.2) is 16.7 Å². The fourth-order valence-corrected chi connectivity index (χ4v) is 1.73. The Morgan fingerprint density at radius 2 is 2.20 bits per heavy atom. The molecule has 0 saturated carbocycles. The van der Waals surface area contributed by atoms with Gasteiger partial charge in [-0.05, 0) is 27.1 Å². The largest absolute Gasteiger partial charge is 0.469 e. The van der Waals surface area contributed by atoms with Crippen LogP contribution in [-0.4, -0.2) is 31.6 Å². The van der Waals surface area contributed by atoms with E-state index in [2.05, 4.69) is 38.2 Å². The number of hydrogen-bond donors (Lipinski definition) is 1. The van der Waals surface area contributed by atoms with E-state index in [1.54, 1.807) is 6.26 Å². The van der Waals surface area contributed by atoms with Crippen LogP contribution in [0.25, 0.3) is 0 Å². The van der Waals surface area contributed by atoms with Crippen molar-refractivity contribution in [2.45, 2.75) is 32.9 Å². The molecule has 1 atom stereocenters. The number of hydrogen-bond acceptors (Lipinski definition) is 3. The van der Waals surface area contributed by atoms with Crippen LogP contribution in [0.1, 0.15) is 25.2 Å². The molecule has 0 aliphatic rings. The van der Waals surface area contributed by atoms with E-state index in [9.17, 15) is 0 Å². The average molecular weight is 210 g/mol. The molecule has 86 valence electrons. The number of furan rings is 1. The van der Waals surface area contributed by atoms with Gasteiger partial charge in [0.15, 0.2) is 0 Å². The molecular formula is C12H22N2O. The van der Waals surface area contributed by atoms with E-state index in [0.717, 1.165) is 25.3 Å². The van der Waals surface area contributed by atoms with E-state index in [1.165, 1.54) is 5.56 Å². The van der Waals surface area contributed by atoms with Crippen LogP contribution >= 0.6 is 0 Å². The van der Waals surface area contributed by atoms with E-state index in [4.69, 9.17) is 4.42 Å². The average Bonchev–Trinajstić information content (AvgIpc) is 2.60.